The van der Waals surface area contributed by atoms with Gasteiger partial charge in [-0.25, -0.2) is 4.99 Å². The van der Waals surface area contributed by atoms with E-state index in [0.717, 1.165) is 33.4 Å². The van der Waals surface area contributed by atoms with Crippen LogP contribution < -0.4 is 5.48 Å². The molecule has 1 aromatic carbocycles. The molecule has 0 spiro atoms. The first-order chi connectivity index (χ1) is 8.70. The van der Waals surface area contributed by atoms with Crippen LogP contribution in [0.2, 0.25) is 0 Å². The van der Waals surface area contributed by atoms with Gasteiger partial charge in [0.05, 0.1) is 17.6 Å². The Bertz CT molecular complexity index is 544. The molecule has 2 heterocycles. The van der Waals surface area contributed by atoms with Crippen molar-refractivity contribution in [1.82, 2.24) is 10.4 Å². The van der Waals surface area contributed by atoms with Gasteiger partial charge in [-0.2, -0.15) is 0 Å². The fourth-order valence-corrected chi connectivity index (χ4v) is 3.86. The van der Waals surface area contributed by atoms with Crippen molar-refractivity contribution in [1.29, 1.82) is 0 Å². The van der Waals surface area contributed by atoms with Crippen molar-refractivity contribution in [3.05, 3.63) is 29.3 Å². The average Bonchev–Trinajstić information content (AvgIpc) is 2.81. The molecule has 0 aliphatic carbocycles. The third-order valence-electron chi connectivity index (χ3n) is 3.20. The van der Waals surface area contributed by atoms with Gasteiger partial charge in [-0.1, -0.05) is 23.8 Å². The second-order valence-corrected chi connectivity index (χ2v) is 5.81. The molecule has 1 unspecified atom stereocenters. The highest BCUT2D eigenvalue weighted by Gasteiger charge is 2.34. The molecule has 1 atom stereocenters. The molecule has 0 amide bonds. The fraction of sp³-hybridized carbons (Fsp3) is 0.333. The van der Waals surface area contributed by atoms with Gasteiger partial charge >= 0.3 is 0 Å². The summed E-state index contributed by atoms with van der Waals surface area (Å²) in [5, 5.41) is 9.27. The maximum Gasteiger partial charge on any atom is 0.149 e. The highest BCUT2D eigenvalue weighted by molar-refractivity contribution is 7.99. The second kappa shape index (κ2) is 4.53. The summed E-state index contributed by atoms with van der Waals surface area (Å²) in [7, 11) is 0. The van der Waals surface area contributed by atoms with E-state index in [-0.39, 0.29) is 6.04 Å². The van der Waals surface area contributed by atoms with Crippen LogP contribution in [0.4, 0.5) is 5.69 Å². The Morgan fingerprint density at radius 3 is 3.17 bits per heavy atom. The molecular weight excluding hydrogens is 266 g/mol. The Hall–Kier alpha value is -1.11. The largest absolute Gasteiger partial charge is 0.342 e. The van der Waals surface area contributed by atoms with Crippen molar-refractivity contribution < 1.29 is 5.21 Å². The van der Waals surface area contributed by atoms with E-state index in [1.165, 1.54) is 0 Å². The summed E-state index contributed by atoms with van der Waals surface area (Å²) in [6, 6.07) is 6.05. The van der Waals surface area contributed by atoms with Crippen molar-refractivity contribution >= 4 is 40.5 Å². The third kappa shape index (κ3) is 1.81. The highest BCUT2D eigenvalue weighted by atomic mass is 32.2. The minimum atomic E-state index is 0.0419. The summed E-state index contributed by atoms with van der Waals surface area (Å²) in [6.07, 6.45) is 0. The third-order valence-corrected chi connectivity index (χ3v) is 4.66. The van der Waals surface area contributed by atoms with E-state index in [0.29, 0.717) is 5.84 Å². The molecule has 3 rings (SSSR count). The number of nitrogens with zero attached hydrogens (tertiary/aromatic N) is 2. The maximum atomic E-state index is 9.27. The molecule has 1 saturated heterocycles. The predicted octanol–water partition coefficient (Wildman–Crippen LogP) is 2.07. The number of aliphatic imine (C=N–C) groups is 1. The molecule has 2 aliphatic rings. The van der Waals surface area contributed by atoms with Crippen molar-refractivity contribution in [3.63, 3.8) is 0 Å². The number of aryl methyl sites for hydroxylation is 1. The smallest absolute Gasteiger partial charge is 0.149 e. The lowest BCUT2D eigenvalue weighted by Gasteiger charge is -2.24. The lowest BCUT2D eigenvalue weighted by molar-refractivity contribution is 0.226. The van der Waals surface area contributed by atoms with E-state index in [9.17, 15) is 5.21 Å². The zero-order valence-electron chi connectivity index (χ0n) is 9.88. The topological polar surface area (TPSA) is 47.9 Å². The molecule has 1 fully saturated rings. The van der Waals surface area contributed by atoms with Gasteiger partial charge in [0.1, 0.15) is 10.8 Å². The van der Waals surface area contributed by atoms with Crippen LogP contribution in [0.3, 0.4) is 0 Å². The van der Waals surface area contributed by atoms with Gasteiger partial charge in [-0.05, 0) is 19.1 Å². The number of hydroxylamine groups is 1. The Balaban J connectivity index is 2.16. The number of thioether (sulfide) groups is 1. The Kier molecular flexibility index (Phi) is 3.01. The molecule has 4 nitrogen and oxygen atoms in total. The van der Waals surface area contributed by atoms with Crippen molar-refractivity contribution in [2.75, 3.05) is 11.6 Å². The number of hydrogen-bond donors (Lipinski definition) is 2. The van der Waals surface area contributed by atoms with Crippen LogP contribution in [0, 0.1) is 6.92 Å². The zero-order chi connectivity index (χ0) is 12.7. The summed E-state index contributed by atoms with van der Waals surface area (Å²) in [6.45, 7) is 2.04. The summed E-state index contributed by atoms with van der Waals surface area (Å²) < 4.78 is 0. The van der Waals surface area contributed by atoms with Gasteiger partial charge in [0.2, 0.25) is 0 Å². The molecular formula is C12H13N3OS2. The van der Waals surface area contributed by atoms with Gasteiger partial charge in [0.15, 0.2) is 0 Å². The van der Waals surface area contributed by atoms with Gasteiger partial charge in [0, 0.05) is 11.3 Å². The minimum Gasteiger partial charge on any atom is -0.342 e. The van der Waals surface area contributed by atoms with E-state index in [1.54, 1.807) is 11.8 Å². The number of benzene rings is 1. The van der Waals surface area contributed by atoms with Crippen LogP contribution in [-0.4, -0.2) is 38.6 Å². The molecule has 0 saturated carbocycles. The molecule has 6 heteroatoms. The molecule has 2 N–H and O–H groups in total. The first-order valence-electron chi connectivity index (χ1n) is 5.69. The van der Waals surface area contributed by atoms with Crippen molar-refractivity contribution in [2.24, 2.45) is 4.99 Å². The van der Waals surface area contributed by atoms with Crippen LogP contribution in [0.25, 0.3) is 0 Å². The van der Waals surface area contributed by atoms with Crippen LogP contribution in [0.15, 0.2) is 23.2 Å². The Labute approximate surface area is 115 Å². The lowest BCUT2D eigenvalue weighted by Crippen LogP contribution is -2.45. The van der Waals surface area contributed by atoms with Gasteiger partial charge in [-0.15, -0.1) is 11.8 Å². The van der Waals surface area contributed by atoms with E-state index in [2.05, 4.69) is 21.4 Å². The molecule has 0 radical (unpaired) electrons. The molecule has 18 heavy (non-hydrogen) atoms. The first-order valence-corrected chi connectivity index (χ1v) is 7.25. The van der Waals surface area contributed by atoms with Crippen LogP contribution in [0.5, 0.6) is 0 Å². The van der Waals surface area contributed by atoms with Crippen LogP contribution in [0.1, 0.15) is 11.1 Å². The molecule has 0 aromatic heterocycles. The molecule has 0 bridgehead atoms. The van der Waals surface area contributed by atoms with E-state index < -0.39 is 0 Å². The first kappa shape index (κ1) is 12.0. The van der Waals surface area contributed by atoms with Crippen molar-refractivity contribution in [3.8, 4) is 0 Å². The average molecular weight is 279 g/mol. The van der Waals surface area contributed by atoms with Crippen molar-refractivity contribution in [2.45, 2.75) is 13.0 Å². The van der Waals surface area contributed by atoms with E-state index >= 15 is 0 Å². The van der Waals surface area contributed by atoms with Gasteiger partial charge < -0.3 is 4.90 Å². The van der Waals surface area contributed by atoms with Gasteiger partial charge in [-0.3, -0.25) is 10.7 Å². The number of fused-ring (bicyclic) bond motifs is 2. The minimum absolute atomic E-state index is 0.0419. The predicted molar refractivity (Wildman–Crippen MR) is 77.8 cm³/mol. The number of hydrogen-bond acceptors (Lipinski definition) is 5. The SMILES string of the molecule is Cc1ccc2c(c1)C(=S)N1CSCC1C(NO)=N2. The normalized spacial score (nSPS) is 22.1. The molecule has 94 valence electrons. The van der Waals surface area contributed by atoms with Gasteiger partial charge in [0.25, 0.3) is 0 Å². The van der Waals surface area contributed by atoms with Crippen LogP contribution >= 0.6 is 24.0 Å². The zero-order valence-corrected chi connectivity index (χ0v) is 11.5. The molecule has 1 aromatic rings. The van der Waals surface area contributed by atoms with E-state index in [4.69, 9.17) is 12.2 Å². The summed E-state index contributed by atoms with van der Waals surface area (Å²) in [5.74, 6) is 2.31. The number of amidine groups is 1. The summed E-state index contributed by atoms with van der Waals surface area (Å²) in [4.78, 5) is 7.44. The maximum absolute atomic E-state index is 9.27. The van der Waals surface area contributed by atoms with Crippen LogP contribution in [-0.2, 0) is 0 Å². The number of thiocarbonyl (C=S) groups is 1. The molecule has 2 aliphatic heterocycles. The highest BCUT2D eigenvalue weighted by Crippen LogP contribution is 2.32. The Morgan fingerprint density at radius 2 is 2.39 bits per heavy atom. The second-order valence-electron chi connectivity index (χ2n) is 4.42. The van der Waals surface area contributed by atoms with E-state index in [1.807, 2.05) is 19.1 Å². The number of nitrogens with one attached hydrogen (secondary N) is 1. The lowest BCUT2D eigenvalue weighted by atomic mass is 10.1. The monoisotopic (exact) mass is 279 g/mol. The quantitative estimate of drug-likeness (QED) is 0.562. The fourth-order valence-electron chi connectivity index (χ4n) is 2.25. The summed E-state index contributed by atoms with van der Waals surface area (Å²) in [5.41, 5.74) is 5.18. The Morgan fingerprint density at radius 1 is 1.56 bits per heavy atom. The standard InChI is InChI=1S/C12H13N3OS2/c1-7-2-3-9-8(4-7)12(17)15-6-18-5-10(15)11(13-9)14-16/h2-4,10,16H,5-6H2,1H3,(H,13,14). The number of rotatable bonds is 0. The summed E-state index contributed by atoms with van der Waals surface area (Å²) >= 11 is 7.37.